The lowest BCUT2D eigenvalue weighted by molar-refractivity contribution is 0.185. The zero-order valence-electron chi connectivity index (χ0n) is 12.4. The summed E-state index contributed by atoms with van der Waals surface area (Å²) >= 11 is 0. The van der Waals surface area contributed by atoms with Crippen molar-refractivity contribution in [1.29, 1.82) is 0 Å². The molecule has 1 aliphatic rings. The van der Waals surface area contributed by atoms with Crippen molar-refractivity contribution in [3.05, 3.63) is 65.2 Å². The number of para-hydroxylation sites is 1. The summed E-state index contributed by atoms with van der Waals surface area (Å²) in [5, 5.41) is 0. The zero-order chi connectivity index (χ0) is 14.7. The van der Waals surface area contributed by atoms with Crippen molar-refractivity contribution in [3.8, 4) is 5.75 Å². The zero-order valence-corrected chi connectivity index (χ0v) is 12.4. The molecule has 3 nitrogen and oxygen atoms in total. The summed E-state index contributed by atoms with van der Waals surface area (Å²) in [7, 11) is 0. The molecule has 21 heavy (non-hydrogen) atoms. The summed E-state index contributed by atoms with van der Waals surface area (Å²) in [5.41, 5.74) is 6.81. The maximum absolute atomic E-state index is 5.89. The van der Waals surface area contributed by atoms with E-state index in [1.807, 2.05) is 12.1 Å². The summed E-state index contributed by atoms with van der Waals surface area (Å²) in [6, 6.07) is 17.1. The predicted molar refractivity (Wildman–Crippen MR) is 85.0 cm³/mol. The lowest BCUT2D eigenvalue weighted by atomic mass is 9.86. The average molecular weight is 282 g/mol. The van der Waals surface area contributed by atoms with E-state index in [1.54, 1.807) is 0 Å². The number of benzene rings is 2. The molecule has 0 fully saturated rings. The largest absolute Gasteiger partial charge is 0.493 e. The van der Waals surface area contributed by atoms with E-state index in [-0.39, 0.29) is 6.04 Å². The Hall–Kier alpha value is -1.84. The number of nitrogens with two attached hydrogens (primary N) is 1. The number of hydrogen-bond acceptors (Lipinski definition) is 3. The number of fused-ring (bicyclic) bond motifs is 1. The van der Waals surface area contributed by atoms with Crippen LogP contribution in [0.2, 0.25) is 0 Å². The van der Waals surface area contributed by atoms with Crippen LogP contribution in [0.4, 0.5) is 0 Å². The van der Waals surface area contributed by atoms with E-state index in [1.165, 1.54) is 16.7 Å². The minimum absolute atomic E-state index is 0.115. The predicted octanol–water partition coefficient (Wildman–Crippen LogP) is 3.00. The quantitative estimate of drug-likeness (QED) is 0.669. The molecule has 0 saturated carbocycles. The van der Waals surface area contributed by atoms with Gasteiger partial charge in [0.25, 0.3) is 0 Å². The fourth-order valence-electron chi connectivity index (χ4n) is 3.03. The van der Waals surface area contributed by atoms with Gasteiger partial charge in [-0.15, -0.1) is 0 Å². The molecule has 3 heteroatoms. The van der Waals surface area contributed by atoms with Gasteiger partial charge in [0.05, 0.1) is 12.6 Å². The van der Waals surface area contributed by atoms with Crippen LogP contribution >= 0.6 is 0 Å². The maximum Gasteiger partial charge on any atom is 0.122 e. The van der Waals surface area contributed by atoms with E-state index in [4.69, 9.17) is 10.6 Å². The van der Waals surface area contributed by atoms with E-state index >= 15 is 0 Å². The van der Waals surface area contributed by atoms with E-state index in [2.05, 4.69) is 48.7 Å². The minimum Gasteiger partial charge on any atom is -0.493 e. The first-order chi connectivity index (χ1) is 10.3. The van der Waals surface area contributed by atoms with Crippen LogP contribution in [-0.2, 0) is 12.8 Å². The molecule has 0 radical (unpaired) electrons. The Bertz CT molecular complexity index is 594. The molecule has 2 aromatic rings. The molecule has 0 saturated heterocycles. The average Bonchev–Trinajstić information content (AvgIpc) is 2.56. The van der Waals surface area contributed by atoms with E-state index in [9.17, 15) is 0 Å². The van der Waals surface area contributed by atoms with Crippen molar-refractivity contribution < 1.29 is 4.74 Å². The molecule has 1 heterocycles. The van der Waals surface area contributed by atoms with Crippen molar-refractivity contribution in [2.75, 3.05) is 6.61 Å². The fraction of sp³-hybridized carbons (Fsp3) is 0.333. The highest BCUT2D eigenvalue weighted by Crippen LogP contribution is 2.33. The molecule has 3 rings (SSSR count). The molecule has 2 unspecified atom stereocenters. The van der Waals surface area contributed by atoms with Crippen LogP contribution < -0.4 is 16.0 Å². The third kappa shape index (κ3) is 2.94. The van der Waals surface area contributed by atoms with Gasteiger partial charge < -0.3 is 4.74 Å². The van der Waals surface area contributed by atoms with Crippen molar-refractivity contribution in [2.24, 2.45) is 11.8 Å². The van der Waals surface area contributed by atoms with Gasteiger partial charge >= 0.3 is 0 Å². The highest BCUT2D eigenvalue weighted by atomic mass is 16.5. The number of aryl methyl sites for hydroxylation is 1. The van der Waals surface area contributed by atoms with Gasteiger partial charge in [-0.3, -0.25) is 11.3 Å². The molecule has 2 atom stereocenters. The van der Waals surface area contributed by atoms with E-state index in [0.29, 0.717) is 12.5 Å². The molecular weight excluding hydrogens is 260 g/mol. The Kier molecular flexibility index (Phi) is 4.23. The van der Waals surface area contributed by atoms with Gasteiger partial charge in [-0.05, 0) is 35.6 Å². The van der Waals surface area contributed by atoms with E-state index in [0.717, 1.165) is 18.6 Å². The lowest BCUT2D eigenvalue weighted by Gasteiger charge is -2.31. The number of rotatable bonds is 4. The first-order valence-corrected chi connectivity index (χ1v) is 7.57. The Balaban J connectivity index is 1.80. The maximum atomic E-state index is 5.89. The van der Waals surface area contributed by atoms with Crippen LogP contribution in [-0.4, -0.2) is 6.61 Å². The first-order valence-electron chi connectivity index (χ1n) is 7.57. The van der Waals surface area contributed by atoms with Gasteiger partial charge in [0.15, 0.2) is 0 Å². The number of hydrazine groups is 1. The van der Waals surface area contributed by atoms with Gasteiger partial charge in [-0.1, -0.05) is 49.4 Å². The summed E-state index contributed by atoms with van der Waals surface area (Å²) in [4.78, 5) is 0. The molecule has 0 bridgehead atoms. The van der Waals surface area contributed by atoms with Crippen LogP contribution in [0.15, 0.2) is 48.5 Å². The van der Waals surface area contributed by atoms with Crippen molar-refractivity contribution in [2.45, 2.75) is 25.8 Å². The molecule has 0 aliphatic carbocycles. The first kappa shape index (κ1) is 14.1. The molecule has 2 aromatic carbocycles. The second-order valence-corrected chi connectivity index (χ2v) is 5.62. The van der Waals surface area contributed by atoms with E-state index < -0.39 is 0 Å². The molecule has 110 valence electrons. The lowest BCUT2D eigenvalue weighted by Crippen LogP contribution is -2.38. The highest BCUT2D eigenvalue weighted by Gasteiger charge is 2.27. The summed E-state index contributed by atoms with van der Waals surface area (Å²) in [5.74, 6) is 7.17. The standard InChI is InChI=1S/C18H22N2O/c1-2-13-7-9-14(10-8-13)18(20-19)16-11-15-5-3-4-6-17(15)21-12-16/h3-10,16,18,20H,2,11-12,19H2,1H3. The van der Waals surface area contributed by atoms with Gasteiger partial charge in [-0.25, -0.2) is 0 Å². The normalized spacial score (nSPS) is 18.7. The van der Waals surface area contributed by atoms with Crippen LogP contribution in [0, 0.1) is 5.92 Å². The van der Waals surface area contributed by atoms with Gasteiger partial charge in [0, 0.05) is 5.92 Å². The number of ether oxygens (including phenoxy) is 1. The molecular formula is C18H22N2O. The molecule has 3 N–H and O–H groups in total. The number of hydrogen-bond donors (Lipinski definition) is 2. The van der Waals surface area contributed by atoms with Crippen LogP contribution in [0.25, 0.3) is 0 Å². The number of nitrogens with one attached hydrogen (secondary N) is 1. The topological polar surface area (TPSA) is 47.3 Å². The summed E-state index contributed by atoms with van der Waals surface area (Å²) < 4.78 is 5.89. The smallest absolute Gasteiger partial charge is 0.122 e. The van der Waals surface area contributed by atoms with Crippen molar-refractivity contribution in [3.63, 3.8) is 0 Å². The molecule has 0 spiro atoms. The van der Waals surface area contributed by atoms with Crippen LogP contribution in [0.1, 0.15) is 29.7 Å². The van der Waals surface area contributed by atoms with Gasteiger partial charge in [0.1, 0.15) is 5.75 Å². The third-order valence-corrected chi connectivity index (χ3v) is 4.31. The van der Waals surface area contributed by atoms with Crippen molar-refractivity contribution in [1.82, 2.24) is 5.43 Å². The second-order valence-electron chi connectivity index (χ2n) is 5.62. The third-order valence-electron chi connectivity index (χ3n) is 4.31. The van der Waals surface area contributed by atoms with Gasteiger partial charge in [-0.2, -0.15) is 0 Å². The highest BCUT2D eigenvalue weighted by molar-refractivity contribution is 5.36. The summed E-state index contributed by atoms with van der Waals surface area (Å²) in [6.07, 6.45) is 2.04. The van der Waals surface area contributed by atoms with Crippen LogP contribution in [0.3, 0.4) is 0 Å². The van der Waals surface area contributed by atoms with Crippen LogP contribution in [0.5, 0.6) is 5.75 Å². The van der Waals surface area contributed by atoms with Gasteiger partial charge in [0.2, 0.25) is 0 Å². The Labute approximate surface area is 126 Å². The SMILES string of the molecule is CCc1ccc(C(NN)C2COc3ccccc3C2)cc1. The molecule has 1 aliphatic heterocycles. The Morgan fingerprint density at radius 3 is 2.67 bits per heavy atom. The molecule has 0 amide bonds. The Morgan fingerprint density at radius 2 is 1.95 bits per heavy atom. The second kappa shape index (κ2) is 6.29. The minimum atomic E-state index is 0.115. The van der Waals surface area contributed by atoms with Crippen molar-refractivity contribution >= 4 is 0 Å². The summed E-state index contributed by atoms with van der Waals surface area (Å²) in [6.45, 7) is 2.86. The monoisotopic (exact) mass is 282 g/mol. The molecule has 0 aromatic heterocycles. The fourth-order valence-corrected chi connectivity index (χ4v) is 3.03. The Morgan fingerprint density at radius 1 is 1.19 bits per heavy atom.